The SMILES string of the molecule is CC(C)(C)c1cc2c3cccc(c3)n(-c3ccccc3)c3cc(-c4ccccc4)c4ccc5c(-c6ccccc6)cc(nc5c4n3)c3cc(C(C)(C)C)cc4c(c1)c2[nH]c34. The molecule has 0 aliphatic heterocycles. The van der Waals surface area contributed by atoms with Crippen molar-refractivity contribution in [3.05, 3.63) is 175 Å². The molecule has 1 N–H and O–H groups in total. The summed E-state index contributed by atoms with van der Waals surface area (Å²) in [4.78, 5) is 15.5. The summed E-state index contributed by atoms with van der Waals surface area (Å²) in [6.45, 7) is 13.9. The van der Waals surface area contributed by atoms with Crippen molar-refractivity contribution in [2.24, 2.45) is 0 Å². The molecule has 4 heterocycles. The molecule has 0 radical (unpaired) electrons. The number of para-hydroxylation sites is 1. The molecule has 0 saturated carbocycles. The van der Waals surface area contributed by atoms with E-state index in [0.717, 1.165) is 88.2 Å². The van der Waals surface area contributed by atoms with E-state index in [1.165, 1.54) is 27.3 Å². The average molecular weight is 775 g/mol. The fraction of sp³-hybridized carbons (Fsp3) is 0.143. The summed E-state index contributed by atoms with van der Waals surface area (Å²) in [6, 6.07) is 59.7. The Labute approximate surface area is 349 Å². The highest BCUT2D eigenvalue weighted by Crippen LogP contribution is 2.42. The maximum atomic E-state index is 5.76. The Morgan fingerprint density at radius 2 is 0.950 bits per heavy atom. The molecule has 4 heteroatoms. The third-order valence-corrected chi connectivity index (χ3v) is 12.4. The molecule has 11 rings (SSSR count). The predicted molar refractivity (Wildman–Crippen MR) is 255 cm³/mol. The molecule has 11 aromatic rings. The first kappa shape index (κ1) is 36.1. The first-order valence-electron chi connectivity index (χ1n) is 21.0. The van der Waals surface area contributed by atoms with Gasteiger partial charge >= 0.3 is 0 Å². The van der Waals surface area contributed by atoms with Crippen molar-refractivity contribution in [1.82, 2.24) is 19.5 Å². The van der Waals surface area contributed by atoms with Crippen LogP contribution in [0.25, 0.3) is 104 Å². The van der Waals surface area contributed by atoms with E-state index >= 15 is 0 Å². The Bertz CT molecular complexity index is 3530. The minimum absolute atomic E-state index is 0.0838. The van der Waals surface area contributed by atoms with E-state index in [1.54, 1.807) is 0 Å². The van der Waals surface area contributed by atoms with Gasteiger partial charge in [-0.15, -0.1) is 0 Å². The van der Waals surface area contributed by atoms with E-state index in [2.05, 4.69) is 215 Å². The van der Waals surface area contributed by atoms with Crippen LogP contribution in [-0.4, -0.2) is 19.5 Å². The van der Waals surface area contributed by atoms with Crippen LogP contribution in [0.5, 0.6) is 0 Å². The van der Waals surface area contributed by atoms with Crippen LogP contribution in [0.1, 0.15) is 52.7 Å². The monoisotopic (exact) mass is 774 g/mol. The van der Waals surface area contributed by atoms with E-state index < -0.39 is 0 Å². The molecule has 0 spiro atoms. The highest BCUT2D eigenvalue weighted by Gasteiger charge is 2.23. The molecule has 0 aliphatic rings. The first-order chi connectivity index (χ1) is 29.0. The number of benzene rings is 7. The highest BCUT2D eigenvalue weighted by atomic mass is 15.0. The molecule has 0 amide bonds. The summed E-state index contributed by atoms with van der Waals surface area (Å²) in [7, 11) is 0. The van der Waals surface area contributed by atoms with Crippen LogP contribution in [-0.2, 0) is 10.8 Å². The normalized spacial score (nSPS) is 12.5. The molecule has 4 aromatic heterocycles. The largest absolute Gasteiger partial charge is 0.353 e. The Morgan fingerprint density at radius 1 is 0.433 bits per heavy atom. The fourth-order valence-corrected chi connectivity index (χ4v) is 9.13. The lowest BCUT2D eigenvalue weighted by atomic mass is 9.83. The van der Waals surface area contributed by atoms with Crippen molar-refractivity contribution in [2.45, 2.75) is 52.4 Å². The number of hydrogen-bond acceptors (Lipinski definition) is 2. The number of hydrogen-bond donors (Lipinski definition) is 1. The van der Waals surface area contributed by atoms with Gasteiger partial charge in [-0.2, -0.15) is 0 Å². The second-order valence-corrected chi connectivity index (χ2v) is 18.4. The van der Waals surface area contributed by atoms with Gasteiger partial charge in [0.05, 0.1) is 27.6 Å². The van der Waals surface area contributed by atoms with Gasteiger partial charge in [0.1, 0.15) is 5.65 Å². The Kier molecular flexibility index (Phi) is 7.96. The van der Waals surface area contributed by atoms with E-state index in [4.69, 9.17) is 9.97 Å². The minimum Gasteiger partial charge on any atom is -0.353 e. The van der Waals surface area contributed by atoms with Gasteiger partial charge in [-0.25, -0.2) is 9.97 Å². The van der Waals surface area contributed by atoms with E-state index in [1.807, 2.05) is 0 Å². The molecule has 8 bridgehead atoms. The summed E-state index contributed by atoms with van der Waals surface area (Å²) in [6.07, 6.45) is 0. The number of nitrogens with one attached hydrogen (secondary N) is 1. The first-order valence-corrected chi connectivity index (χ1v) is 21.0. The number of aromatic amines is 1. The van der Waals surface area contributed by atoms with Crippen LogP contribution >= 0.6 is 0 Å². The molecule has 290 valence electrons. The van der Waals surface area contributed by atoms with Gasteiger partial charge in [-0.1, -0.05) is 145 Å². The molecule has 0 atom stereocenters. The van der Waals surface area contributed by atoms with Gasteiger partial charge < -0.3 is 4.98 Å². The van der Waals surface area contributed by atoms with Gasteiger partial charge in [-0.3, -0.25) is 4.57 Å². The number of nitrogens with zero attached hydrogens (tertiary/aromatic N) is 3. The number of fused-ring (bicyclic) bond motifs is 7. The number of pyridine rings is 2. The highest BCUT2D eigenvalue weighted by molar-refractivity contribution is 6.22. The second kappa shape index (κ2) is 13.2. The van der Waals surface area contributed by atoms with Crippen molar-refractivity contribution in [2.75, 3.05) is 0 Å². The second-order valence-electron chi connectivity index (χ2n) is 18.4. The molecule has 0 aliphatic carbocycles. The maximum absolute atomic E-state index is 5.76. The number of aromatic nitrogens is 4. The van der Waals surface area contributed by atoms with Crippen LogP contribution < -0.4 is 0 Å². The third kappa shape index (κ3) is 5.81. The Balaban J connectivity index is 1.49. The van der Waals surface area contributed by atoms with E-state index in [0.29, 0.717) is 0 Å². The van der Waals surface area contributed by atoms with Crippen LogP contribution in [0.2, 0.25) is 0 Å². The van der Waals surface area contributed by atoms with Crippen LogP contribution in [0.4, 0.5) is 0 Å². The van der Waals surface area contributed by atoms with Crippen molar-refractivity contribution in [3.8, 4) is 27.9 Å². The Hall–Kier alpha value is -7.04. The molecule has 0 unspecified atom stereocenters. The van der Waals surface area contributed by atoms with Gasteiger partial charge in [0.25, 0.3) is 0 Å². The van der Waals surface area contributed by atoms with Gasteiger partial charge in [0, 0.05) is 43.5 Å². The zero-order chi connectivity index (χ0) is 40.9. The lowest BCUT2D eigenvalue weighted by Crippen LogP contribution is -2.11. The summed E-state index contributed by atoms with van der Waals surface area (Å²) < 4.78 is 2.30. The average Bonchev–Trinajstić information content (AvgIpc) is 3.64. The van der Waals surface area contributed by atoms with Crippen molar-refractivity contribution < 1.29 is 0 Å². The molecule has 7 aromatic carbocycles. The topological polar surface area (TPSA) is 46.5 Å². The van der Waals surface area contributed by atoms with Crippen LogP contribution in [0, 0.1) is 0 Å². The lowest BCUT2D eigenvalue weighted by molar-refractivity contribution is 0.591. The lowest BCUT2D eigenvalue weighted by Gasteiger charge is -2.21. The van der Waals surface area contributed by atoms with E-state index in [9.17, 15) is 0 Å². The third-order valence-electron chi connectivity index (χ3n) is 12.4. The van der Waals surface area contributed by atoms with Gasteiger partial charge in [-0.05, 0) is 110 Å². The van der Waals surface area contributed by atoms with Crippen molar-refractivity contribution in [3.63, 3.8) is 0 Å². The van der Waals surface area contributed by atoms with Gasteiger partial charge in [0.15, 0.2) is 0 Å². The quantitative estimate of drug-likeness (QED) is 0.182. The summed E-state index contributed by atoms with van der Waals surface area (Å²) in [5, 5.41) is 7.96. The van der Waals surface area contributed by atoms with Crippen LogP contribution in [0.15, 0.2) is 164 Å². The van der Waals surface area contributed by atoms with Gasteiger partial charge in [0.2, 0.25) is 0 Å². The molecule has 60 heavy (non-hydrogen) atoms. The molecule has 4 nitrogen and oxygen atoms in total. The smallest absolute Gasteiger partial charge is 0.138 e. The molecule has 0 saturated heterocycles. The number of H-pyrrole nitrogens is 1. The number of rotatable bonds is 3. The maximum Gasteiger partial charge on any atom is 0.138 e. The zero-order valence-electron chi connectivity index (χ0n) is 34.9. The molecular weight excluding hydrogens is 729 g/mol. The predicted octanol–water partition coefficient (Wildman–Crippen LogP) is 15.2. The minimum atomic E-state index is -0.111. The summed E-state index contributed by atoms with van der Waals surface area (Å²) in [5.41, 5.74) is 14.6. The van der Waals surface area contributed by atoms with Crippen molar-refractivity contribution in [1.29, 1.82) is 0 Å². The summed E-state index contributed by atoms with van der Waals surface area (Å²) in [5.74, 6) is 0. The summed E-state index contributed by atoms with van der Waals surface area (Å²) >= 11 is 0. The molecule has 0 fully saturated rings. The van der Waals surface area contributed by atoms with E-state index in [-0.39, 0.29) is 10.8 Å². The molecular formula is C56H46N4. The zero-order valence-corrected chi connectivity index (χ0v) is 34.9. The Morgan fingerprint density at radius 3 is 1.55 bits per heavy atom. The van der Waals surface area contributed by atoms with Crippen molar-refractivity contribution >= 4 is 76.5 Å². The fourth-order valence-electron chi connectivity index (χ4n) is 9.13. The standard InChI is InChI=1S/C56H46N4/c1-55(2,3)37-28-45-36-21-16-24-40(27-36)60(39-22-14-9-15-23-39)50-33-44(35-19-12-8-13-20-35)42-26-25-41-43(34-17-10-7-11-18-34)32-49(57-53(41)54(42)58-50)48-31-38(56(4,5)6)30-47-46(29-37)51(45)59-52(47)48/h7-33,59H,1-6H3. The van der Waals surface area contributed by atoms with Crippen LogP contribution in [0.3, 0.4) is 0 Å².